The van der Waals surface area contributed by atoms with E-state index in [2.05, 4.69) is 10.1 Å². The lowest BCUT2D eigenvalue weighted by molar-refractivity contribution is -0.137. The minimum Gasteiger partial charge on any atom is -0.505 e. The number of allylic oxidation sites excluding steroid dienone is 1. The highest BCUT2D eigenvalue weighted by molar-refractivity contribution is 6.01. The van der Waals surface area contributed by atoms with Crippen LogP contribution in [0.25, 0.3) is 22.7 Å². The Morgan fingerprint density at radius 2 is 2.04 bits per heavy atom. The Morgan fingerprint density at radius 3 is 2.65 bits per heavy atom. The molecular weight excluding hydrogens is 330 g/mol. The third-order valence-corrected chi connectivity index (χ3v) is 4.06. The van der Waals surface area contributed by atoms with Crippen molar-refractivity contribution in [2.75, 3.05) is 7.11 Å². The molecule has 1 N–H and O–H groups in total. The van der Waals surface area contributed by atoms with Gasteiger partial charge in [-0.05, 0) is 38.1 Å². The summed E-state index contributed by atoms with van der Waals surface area (Å²) >= 11 is 0. The number of hydrazone groups is 1. The Kier molecular flexibility index (Phi) is 4.84. The molecular formula is C20H19N3O3. The molecule has 0 saturated carbocycles. The maximum absolute atomic E-state index is 12.2. The van der Waals surface area contributed by atoms with E-state index in [1.165, 1.54) is 12.1 Å². The molecule has 1 aromatic heterocycles. The van der Waals surface area contributed by atoms with Crippen molar-refractivity contribution in [1.29, 1.82) is 0 Å². The number of esters is 1. The number of aromatic nitrogens is 1. The maximum Gasteiger partial charge on any atom is 0.360 e. The summed E-state index contributed by atoms with van der Waals surface area (Å²) in [6, 6.07) is 11.2. The number of carbonyl (C=O) groups excluding carboxylic acids is 1. The molecule has 2 aromatic rings. The van der Waals surface area contributed by atoms with Crippen molar-refractivity contribution in [2.45, 2.75) is 13.8 Å². The van der Waals surface area contributed by atoms with Crippen LogP contribution in [-0.4, -0.2) is 34.4 Å². The van der Waals surface area contributed by atoms with E-state index in [4.69, 9.17) is 4.74 Å². The largest absolute Gasteiger partial charge is 0.505 e. The van der Waals surface area contributed by atoms with Crippen LogP contribution in [0.3, 0.4) is 0 Å². The normalized spacial score (nSPS) is 15.5. The Bertz CT molecular complexity index is 931. The van der Waals surface area contributed by atoms with Gasteiger partial charge < -0.3 is 9.84 Å². The quantitative estimate of drug-likeness (QED) is 0.673. The zero-order valence-electron chi connectivity index (χ0n) is 14.8. The van der Waals surface area contributed by atoms with Gasteiger partial charge in [-0.15, -0.1) is 0 Å². The fourth-order valence-corrected chi connectivity index (χ4v) is 2.91. The molecule has 0 aliphatic carbocycles. The van der Waals surface area contributed by atoms with Crippen LogP contribution < -0.4 is 0 Å². The number of carbonyl (C=O) groups is 1. The molecule has 0 saturated heterocycles. The standard InChI is InChI=1S/C20H19N3O3/c1-4-17-15-12-13(16-8-6-7-11-21-16)9-10-14(15)19(24)18(20(25)26-3)23(17)22-5-2/h4-12,24H,1-3H3/b17-4+,22-5-. The first-order valence-corrected chi connectivity index (χ1v) is 8.15. The van der Waals surface area contributed by atoms with Crippen LogP contribution in [0.15, 0.2) is 59.5 Å². The fraction of sp³-hybridized carbons (Fsp3) is 0.150. The van der Waals surface area contributed by atoms with Gasteiger partial charge in [-0.3, -0.25) is 4.98 Å². The van der Waals surface area contributed by atoms with E-state index in [0.29, 0.717) is 11.3 Å². The number of benzene rings is 1. The summed E-state index contributed by atoms with van der Waals surface area (Å²) in [6.45, 7) is 3.58. The van der Waals surface area contributed by atoms with E-state index >= 15 is 0 Å². The summed E-state index contributed by atoms with van der Waals surface area (Å²) in [6.07, 6.45) is 5.11. The van der Waals surface area contributed by atoms with Gasteiger partial charge >= 0.3 is 5.97 Å². The number of hydrogen-bond acceptors (Lipinski definition) is 6. The Hall–Kier alpha value is -3.41. The van der Waals surface area contributed by atoms with Crippen molar-refractivity contribution in [3.05, 3.63) is 65.5 Å². The van der Waals surface area contributed by atoms with Crippen molar-refractivity contribution >= 4 is 23.6 Å². The number of aliphatic hydroxyl groups is 1. The minimum atomic E-state index is -0.660. The molecule has 0 atom stereocenters. The highest BCUT2D eigenvalue weighted by Gasteiger charge is 2.33. The van der Waals surface area contributed by atoms with Crippen molar-refractivity contribution in [3.8, 4) is 11.3 Å². The van der Waals surface area contributed by atoms with E-state index in [1.54, 1.807) is 25.4 Å². The van der Waals surface area contributed by atoms with Crippen molar-refractivity contribution in [3.63, 3.8) is 0 Å². The molecule has 6 heteroatoms. The third-order valence-electron chi connectivity index (χ3n) is 4.06. The first-order valence-electron chi connectivity index (χ1n) is 8.15. The summed E-state index contributed by atoms with van der Waals surface area (Å²) in [5.41, 5.74) is 3.68. The van der Waals surface area contributed by atoms with Crippen LogP contribution in [0.1, 0.15) is 25.0 Å². The Morgan fingerprint density at radius 1 is 1.23 bits per heavy atom. The number of hydrogen-bond donors (Lipinski definition) is 1. The summed E-state index contributed by atoms with van der Waals surface area (Å²) in [4.78, 5) is 16.6. The molecule has 0 spiro atoms. The summed E-state index contributed by atoms with van der Waals surface area (Å²) in [5.74, 6) is -0.831. The summed E-state index contributed by atoms with van der Waals surface area (Å²) in [7, 11) is 1.27. The molecule has 0 unspecified atom stereocenters. The lowest BCUT2D eigenvalue weighted by atomic mass is 9.94. The van der Waals surface area contributed by atoms with Gasteiger partial charge in [0.25, 0.3) is 0 Å². The van der Waals surface area contributed by atoms with Gasteiger partial charge in [0.05, 0.1) is 18.5 Å². The molecule has 0 amide bonds. The van der Waals surface area contributed by atoms with Crippen LogP contribution >= 0.6 is 0 Å². The highest BCUT2D eigenvalue weighted by Crippen LogP contribution is 2.39. The monoisotopic (exact) mass is 349 g/mol. The van der Waals surface area contributed by atoms with E-state index in [9.17, 15) is 9.90 Å². The third kappa shape index (κ3) is 2.86. The number of ether oxygens (including phenoxy) is 1. The van der Waals surface area contributed by atoms with Crippen molar-refractivity contribution in [1.82, 2.24) is 9.99 Å². The molecule has 132 valence electrons. The Labute approximate surface area is 151 Å². The molecule has 2 heterocycles. The zero-order chi connectivity index (χ0) is 18.7. The van der Waals surface area contributed by atoms with Crippen molar-refractivity contribution in [2.24, 2.45) is 5.10 Å². The number of aliphatic hydroxyl groups excluding tert-OH is 1. The topological polar surface area (TPSA) is 75.0 Å². The van der Waals surface area contributed by atoms with Gasteiger partial charge in [0.15, 0.2) is 11.5 Å². The number of nitrogens with zero attached hydrogens (tertiary/aromatic N) is 3. The molecule has 0 bridgehead atoms. The van der Waals surface area contributed by atoms with Crippen LogP contribution in [0.5, 0.6) is 0 Å². The highest BCUT2D eigenvalue weighted by atomic mass is 16.5. The van der Waals surface area contributed by atoms with Gasteiger partial charge in [-0.25, -0.2) is 9.80 Å². The number of rotatable bonds is 3. The molecule has 6 nitrogen and oxygen atoms in total. The molecule has 0 radical (unpaired) electrons. The molecule has 3 rings (SSSR count). The Balaban J connectivity index is 2.25. The second-order valence-electron chi connectivity index (χ2n) is 5.52. The van der Waals surface area contributed by atoms with E-state index in [-0.39, 0.29) is 11.5 Å². The molecule has 1 aromatic carbocycles. The number of methoxy groups -OCH3 is 1. The molecule has 0 fully saturated rings. The van der Waals surface area contributed by atoms with Crippen LogP contribution in [-0.2, 0) is 9.53 Å². The van der Waals surface area contributed by atoms with Crippen LogP contribution in [0.2, 0.25) is 0 Å². The first-order chi connectivity index (χ1) is 12.6. The molecule has 26 heavy (non-hydrogen) atoms. The lowest BCUT2D eigenvalue weighted by Gasteiger charge is -2.30. The second kappa shape index (κ2) is 7.23. The average molecular weight is 349 g/mol. The van der Waals surface area contributed by atoms with E-state index < -0.39 is 5.97 Å². The van der Waals surface area contributed by atoms with Crippen molar-refractivity contribution < 1.29 is 14.6 Å². The fourth-order valence-electron chi connectivity index (χ4n) is 2.91. The van der Waals surface area contributed by atoms with E-state index in [0.717, 1.165) is 16.8 Å². The summed E-state index contributed by atoms with van der Waals surface area (Å²) in [5, 5.41) is 16.4. The summed E-state index contributed by atoms with van der Waals surface area (Å²) < 4.78 is 4.83. The maximum atomic E-state index is 12.2. The average Bonchev–Trinajstić information content (AvgIpc) is 2.68. The first kappa shape index (κ1) is 17.4. The van der Waals surface area contributed by atoms with Gasteiger partial charge in [-0.2, -0.15) is 5.10 Å². The van der Waals surface area contributed by atoms with Crippen LogP contribution in [0.4, 0.5) is 0 Å². The van der Waals surface area contributed by atoms with E-state index in [1.807, 2.05) is 43.3 Å². The van der Waals surface area contributed by atoms with Gasteiger partial charge in [0.2, 0.25) is 0 Å². The van der Waals surface area contributed by atoms with Crippen LogP contribution in [0, 0.1) is 0 Å². The van der Waals surface area contributed by atoms with Gasteiger partial charge in [0.1, 0.15) is 0 Å². The van der Waals surface area contributed by atoms with Gasteiger partial charge in [0, 0.05) is 29.1 Å². The lowest BCUT2D eigenvalue weighted by Crippen LogP contribution is -2.28. The van der Waals surface area contributed by atoms with Gasteiger partial charge in [-0.1, -0.05) is 18.2 Å². The minimum absolute atomic E-state index is 0.0169. The number of pyridine rings is 1. The number of fused-ring (bicyclic) bond motifs is 1. The predicted molar refractivity (Wildman–Crippen MR) is 101 cm³/mol. The zero-order valence-corrected chi connectivity index (χ0v) is 14.8. The second-order valence-corrected chi connectivity index (χ2v) is 5.52. The molecule has 1 aliphatic heterocycles. The molecule has 1 aliphatic rings. The smallest absolute Gasteiger partial charge is 0.360 e. The predicted octanol–water partition coefficient (Wildman–Crippen LogP) is 3.83. The SMILES string of the molecule is C/C=N\N1C(C(=O)OC)=C(O)c2ccc(-c3ccccn3)cc2/C1=C\C.